The smallest absolute Gasteiger partial charge is 0.155 e. The molecule has 0 spiro atoms. The highest BCUT2D eigenvalue weighted by molar-refractivity contribution is 9.09. The third kappa shape index (κ3) is 17.6. The van der Waals surface area contributed by atoms with Gasteiger partial charge >= 0.3 is 0 Å². The predicted molar refractivity (Wildman–Crippen MR) is 287 cm³/mol. The van der Waals surface area contributed by atoms with Crippen molar-refractivity contribution in [1.82, 2.24) is 30.6 Å². The quantitative estimate of drug-likeness (QED) is 0.0989. The third-order valence-electron chi connectivity index (χ3n) is 9.23. The maximum absolute atomic E-state index is 8.99. The average Bonchev–Trinajstić information content (AvgIpc) is 3.26. The topological polar surface area (TPSA) is 121 Å². The summed E-state index contributed by atoms with van der Waals surface area (Å²) in [6, 6.07) is 19.0. The molecule has 0 unspecified atom stereocenters. The van der Waals surface area contributed by atoms with Gasteiger partial charge < -0.3 is 5.11 Å². The lowest BCUT2D eigenvalue weighted by molar-refractivity contribution is 0.299. The minimum atomic E-state index is 0.0551. The highest BCUT2D eigenvalue weighted by atomic mass is 79.9. The first kappa shape index (κ1) is 58.1. The number of benzene rings is 3. The zero-order chi connectivity index (χ0) is 49.5. The van der Waals surface area contributed by atoms with Gasteiger partial charge in [0.25, 0.3) is 0 Å². The minimum absolute atomic E-state index is 0.0551. The first-order chi connectivity index (χ1) is 31.8. The van der Waals surface area contributed by atoms with Crippen molar-refractivity contribution in [3.8, 4) is 6.07 Å². The fourth-order valence-electron chi connectivity index (χ4n) is 5.80. The van der Waals surface area contributed by atoms with Crippen LogP contribution in [0, 0.1) is 11.3 Å². The summed E-state index contributed by atoms with van der Waals surface area (Å²) in [5, 5.41) is 49.5. The van der Waals surface area contributed by atoms with Gasteiger partial charge in [0.15, 0.2) is 15.5 Å². The molecule has 0 fully saturated rings. The second-order valence-corrected chi connectivity index (χ2v) is 22.7. The molecule has 0 saturated carbocycles. The monoisotopic (exact) mass is 1200 g/mol. The lowest BCUT2D eigenvalue weighted by Crippen LogP contribution is -1.96. The van der Waals surface area contributed by atoms with Crippen molar-refractivity contribution in [3.63, 3.8) is 0 Å². The summed E-state index contributed by atoms with van der Waals surface area (Å²) in [4.78, 5) is 2.23. The van der Waals surface area contributed by atoms with E-state index in [1.807, 2.05) is 70.2 Å². The molecule has 0 saturated heterocycles. The number of nitriles is 1. The number of hydrogen-bond donors (Lipinski definition) is 1. The molecule has 6 aromatic rings. The van der Waals surface area contributed by atoms with Gasteiger partial charge in [0, 0.05) is 18.4 Å². The van der Waals surface area contributed by atoms with E-state index in [1.54, 1.807) is 12.1 Å². The summed E-state index contributed by atoms with van der Waals surface area (Å²) in [6.45, 7) is 12.4. The average molecular weight is 1210 g/mol. The summed E-state index contributed by atoms with van der Waals surface area (Å²) in [7, 11) is 0. The molecule has 356 valence electrons. The maximum atomic E-state index is 8.99. The van der Waals surface area contributed by atoms with Crippen LogP contribution < -0.4 is 0 Å². The van der Waals surface area contributed by atoms with E-state index in [0.717, 1.165) is 64.8 Å². The number of aromatic nitrogens is 6. The van der Waals surface area contributed by atoms with Crippen LogP contribution in [0.25, 0.3) is 0 Å². The number of aliphatic hydroxyl groups excluding tert-OH is 1. The van der Waals surface area contributed by atoms with Crippen molar-refractivity contribution in [2.45, 2.75) is 115 Å². The van der Waals surface area contributed by atoms with Gasteiger partial charge in [-0.1, -0.05) is 197 Å². The molecule has 3 aromatic heterocycles. The van der Waals surface area contributed by atoms with E-state index < -0.39 is 0 Å². The van der Waals surface area contributed by atoms with Gasteiger partial charge in [-0.3, -0.25) is 0 Å². The molecule has 3 heterocycles. The van der Waals surface area contributed by atoms with Crippen LogP contribution in [0.15, 0.2) is 84.4 Å². The summed E-state index contributed by atoms with van der Waals surface area (Å²) in [5.41, 5.74) is 5.76. The normalized spacial score (nSPS) is 11.1. The summed E-state index contributed by atoms with van der Waals surface area (Å²) in [5.74, 6) is 0.770. The zero-order valence-electron chi connectivity index (χ0n) is 36.8. The van der Waals surface area contributed by atoms with E-state index in [1.165, 1.54) is 35.3 Å². The zero-order valence-corrected chi connectivity index (χ0v) is 47.6. The molecule has 0 aliphatic heterocycles. The van der Waals surface area contributed by atoms with E-state index in [4.69, 9.17) is 115 Å². The number of rotatable bonds is 15. The van der Waals surface area contributed by atoms with Gasteiger partial charge in [0.2, 0.25) is 0 Å². The molecule has 0 aliphatic rings. The number of halogens is 10. The van der Waals surface area contributed by atoms with Crippen molar-refractivity contribution in [2.24, 2.45) is 0 Å². The van der Waals surface area contributed by atoms with Crippen LogP contribution in [0.5, 0.6) is 0 Å². The van der Waals surface area contributed by atoms with Crippen LogP contribution in [0.4, 0.5) is 0 Å². The standard InChI is InChI=1S/C16H14Cl3N3S.C15H14BrCl3N2S.C15H15Cl3N2OS/c1-9(2)11-8-14(21-22-16(11)19)23-15-12(17)6-10(4-3-5-20)7-13(15)18;1-8(2)10-7-13(20-21-15(10)19)22-14-11(17)5-9(3-4-16)6-12(14)18;1-8(2)10-7-13(19-20-15(10)18)22-14-11(16)5-9(3-4-21)6-12(14)17/h6-9H,3-4H2,1-2H3;5-8H,3-4H2,1-2H3;5-8,21H,3-4H2,1-2H3. The van der Waals surface area contributed by atoms with Crippen LogP contribution in [0.3, 0.4) is 0 Å². The fraction of sp³-hybridized carbons (Fsp3) is 0.326. The molecular weight excluding hydrogens is 1160 g/mol. The second kappa shape index (κ2) is 28.5. The summed E-state index contributed by atoms with van der Waals surface area (Å²) < 4.78 is 0. The Hall–Kier alpha value is -1.51. The van der Waals surface area contributed by atoms with Crippen LogP contribution in [-0.2, 0) is 19.3 Å². The van der Waals surface area contributed by atoms with Gasteiger partial charge in [0.1, 0.15) is 15.1 Å². The van der Waals surface area contributed by atoms with Gasteiger partial charge in [0.05, 0.1) is 50.9 Å². The number of hydrogen-bond acceptors (Lipinski definition) is 11. The van der Waals surface area contributed by atoms with Crippen LogP contribution in [0.2, 0.25) is 45.6 Å². The second-order valence-electron chi connectivity index (χ2n) is 15.3. The Bertz CT molecular complexity index is 2510. The molecule has 0 radical (unpaired) electrons. The van der Waals surface area contributed by atoms with E-state index >= 15 is 0 Å². The van der Waals surface area contributed by atoms with Gasteiger partial charge in [-0.25, -0.2) is 0 Å². The van der Waals surface area contributed by atoms with Gasteiger partial charge in [-0.15, -0.1) is 30.6 Å². The van der Waals surface area contributed by atoms with Gasteiger partial charge in [-0.05, 0) is 125 Å². The van der Waals surface area contributed by atoms with Crippen molar-refractivity contribution >= 4 is 156 Å². The van der Waals surface area contributed by atoms with E-state index in [9.17, 15) is 0 Å². The summed E-state index contributed by atoms with van der Waals surface area (Å²) >= 11 is 63.7. The predicted octanol–water partition coefficient (Wildman–Crippen LogP) is 18.1. The lowest BCUT2D eigenvalue weighted by Gasteiger charge is -2.11. The van der Waals surface area contributed by atoms with Crippen molar-refractivity contribution in [2.75, 3.05) is 11.9 Å². The Labute approximate surface area is 458 Å². The first-order valence-corrected chi connectivity index (χ1v) is 27.3. The highest BCUT2D eigenvalue weighted by Gasteiger charge is 2.18. The molecule has 0 aliphatic carbocycles. The number of nitrogens with zero attached hydrogens (tertiary/aromatic N) is 7. The highest BCUT2D eigenvalue weighted by Crippen LogP contribution is 2.43. The third-order valence-corrected chi connectivity index (χ3v) is 16.1. The molecule has 3 aromatic carbocycles. The molecule has 1 N–H and O–H groups in total. The molecule has 21 heteroatoms. The summed E-state index contributed by atoms with van der Waals surface area (Å²) in [6.07, 6.45) is 2.45. The lowest BCUT2D eigenvalue weighted by atomic mass is 10.1. The van der Waals surface area contributed by atoms with E-state index in [0.29, 0.717) is 74.9 Å². The van der Waals surface area contributed by atoms with Crippen LogP contribution in [-0.4, -0.2) is 47.6 Å². The first-order valence-electron chi connectivity index (χ1n) is 20.4. The van der Waals surface area contributed by atoms with Crippen molar-refractivity contribution in [3.05, 3.63) is 134 Å². The fourth-order valence-corrected chi connectivity index (χ4v) is 11.8. The molecule has 67 heavy (non-hydrogen) atoms. The van der Waals surface area contributed by atoms with Gasteiger partial charge in [-0.2, -0.15) is 5.26 Å². The van der Waals surface area contributed by atoms with Crippen molar-refractivity contribution in [1.29, 1.82) is 5.26 Å². The Balaban J connectivity index is 0.000000219. The molecule has 6 rings (SSSR count). The van der Waals surface area contributed by atoms with Crippen LogP contribution in [0.1, 0.15) is 99.1 Å². The van der Waals surface area contributed by atoms with Crippen LogP contribution >= 0.6 is 156 Å². The number of aliphatic hydroxyl groups is 1. The SMILES string of the molecule is CC(C)c1cc(Sc2c(Cl)cc(CCBr)cc2Cl)nnc1Cl.CC(C)c1cc(Sc2c(Cl)cc(CCC#N)cc2Cl)nnc1Cl.CC(C)c1cc(Sc2c(Cl)cc(CCO)cc2Cl)nnc1Cl. The molecule has 0 amide bonds. The minimum Gasteiger partial charge on any atom is -0.396 e. The van der Waals surface area contributed by atoms with E-state index in [2.05, 4.69) is 66.4 Å². The molecule has 0 bridgehead atoms. The Kier molecular flexibility index (Phi) is 24.7. The Morgan fingerprint density at radius 3 is 1.01 bits per heavy atom. The molecule has 0 atom stereocenters. The van der Waals surface area contributed by atoms with E-state index in [-0.39, 0.29) is 24.4 Å². The van der Waals surface area contributed by atoms with Crippen molar-refractivity contribution < 1.29 is 5.11 Å². The Morgan fingerprint density at radius 2 is 0.761 bits per heavy atom. The molecular formula is C46H43BrCl9N7OS3. The number of alkyl halides is 1. The molecule has 8 nitrogen and oxygen atoms in total. The largest absolute Gasteiger partial charge is 0.396 e. The maximum Gasteiger partial charge on any atom is 0.155 e. The Morgan fingerprint density at radius 1 is 0.478 bits per heavy atom. The number of aryl methyl sites for hydroxylation is 2.